The number of thioether (sulfide) groups is 1. The monoisotopic (exact) mass is 368 g/mol. The van der Waals surface area contributed by atoms with Crippen molar-refractivity contribution in [3.8, 4) is 0 Å². The van der Waals surface area contributed by atoms with Gasteiger partial charge in [0.25, 0.3) is 11.6 Å². The van der Waals surface area contributed by atoms with Gasteiger partial charge in [-0.2, -0.15) is 0 Å². The molecule has 0 N–H and O–H groups in total. The number of hydrogen-bond donors (Lipinski definition) is 0. The molecule has 1 aromatic carbocycles. The summed E-state index contributed by atoms with van der Waals surface area (Å²) in [6.07, 6.45) is 1.55. The Morgan fingerprint density at radius 1 is 1.36 bits per heavy atom. The lowest BCUT2D eigenvalue weighted by Gasteiger charge is -2.35. The first kappa shape index (κ1) is 19.2. The van der Waals surface area contributed by atoms with Crippen LogP contribution in [-0.4, -0.2) is 59.9 Å². The van der Waals surface area contributed by atoms with Crippen molar-refractivity contribution >= 4 is 29.3 Å². The van der Waals surface area contributed by atoms with Gasteiger partial charge < -0.3 is 14.4 Å². The largest absolute Gasteiger partial charge is 0.452 e. The molecule has 2 atom stereocenters. The lowest BCUT2D eigenvalue weighted by molar-refractivity contribution is -0.387. The molecule has 1 saturated heterocycles. The summed E-state index contributed by atoms with van der Waals surface area (Å²) in [5.74, 6) is -1.08. The van der Waals surface area contributed by atoms with E-state index in [4.69, 9.17) is 9.47 Å². The quantitative estimate of drug-likeness (QED) is 0.340. The molecule has 1 fully saturated rings. The zero-order chi connectivity index (χ0) is 18.6. The molecule has 1 amide bonds. The minimum atomic E-state index is -0.765. The fourth-order valence-corrected chi connectivity index (χ4v) is 3.19. The van der Waals surface area contributed by atoms with E-state index in [1.807, 2.05) is 13.8 Å². The van der Waals surface area contributed by atoms with Crippen LogP contribution < -0.4 is 0 Å². The van der Waals surface area contributed by atoms with E-state index in [9.17, 15) is 19.7 Å². The molecule has 0 saturated carbocycles. The number of morpholine rings is 1. The summed E-state index contributed by atoms with van der Waals surface area (Å²) in [6, 6.07) is 4.11. The SMILES string of the molecule is CSc1ccc(C(=O)OCC(=O)N2C[C@@H](C)O[C@H](C)C2)cc1[N+](=O)[O-]. The van der Waals surface area contributed by atoms with Gasteiger partial charge in [0.15, 0.2) is 6.61 Å². The molecule has 0 spiro atoms. The summed E-state index contributed by atoms with van der Waals surface area (Å²) in [5, 5.41) is 11.1. The zero-order valence-corrected chi connectivity index (χ0v) is 15.1. The van der Waals surface area contributed by atoms with Crippen molar-refractivity contribution in [2.24, 2.45) is 0 Å². The Morgan fingerprint density at radius 2 is 2.00 bits per heavy atom. The summed E-state index contributed by atoms with van der Waals surface area (Å²) in [7, 11) is 0. The van der Waals surface area contributed by atoms with Crippen LogP contribution in [-0.2, 0) is 14.3 Å². The van der Waals surface area contributed by atoms with Crippen LogP contribution >= 0.6 is 11.8 Å². The summed E-state index contributed by atoms with van der Waals surface area (Å²) >= 11 is 1.22. The van der Waals surface area contributed by atoms with E-state index in [2.05, 4.69) is 0 Å². The molecule has 9 heteroatoms. The van der Waals surface area contributed by atoms with Gasteiger partial charge in [-0.25, -0.2) is 4.79 Å². The Labute approximate surface area is 149 Å². The van der Waals surface area contributed by atoms with Crippen LogP contribution in [0.3, 0.4) is 0 Å². The first-order chi connectivity index (χ1) is 11.8. The van der Waals surface area contributed by atoms with Crippen LogP contribution in [0.5, 0.6) is 0 Å². The van der Waals surface area contributed by atoms with Crippen molar-refractivity contribution in [3.05, 3.63) is 33.9 Å². The molecule has 0 bridgehead atoms. The first-order valence-corrected chi connectivity index (χ1v) is 8.97. The number of nitro groups is 1. The Morgan fingerprint density at radius 3 is 2.56 bits per heavy atom. The molecule has 0 aliphatic carbocycles. The standard InChI is InChI=1S/C16H20N2O6S/c1-10-7-17(8-11(2)24-10)15(19)9-23-16(20)12-4-5-14(25-3)13(6-12)18(21)22/h4-6,10-11H,7-9H2,1-3H3/t10-,11-/m1/s1. The summed E-state index contributed by atoms with van der Waals surface area (Å²) in [6.45, 7) is 4.21. The highest BCUT2D eigenvalue weighted by atomic mass is 32.2. The van der Waals surface area contributed by atoms with Crippen LogP contribution in [0.15, 0.2) is 23.1 Å². The third kappa shape index (κ3) is 4.93. The van der Waals surface area contributed by atoms with Gasteiger partial charge in [0, 0.05) is 19.2 Å². The fraction of sp³-hybridized carbons (Fsp3) is 0.500. The maximum Gasteiger partial charge on any atom is 0.338 e. The third-order valence-electron chi connectivity index (χ3n) is 3.71. The molecule has 2 rings (SSSR count). The minimum Gasteiger partial charge on any atom is -0.452 e. The van der Waals surface area contributed by atoms with Gasteiger partial charge in [-0.1, -0.05) is 0 Å². The maximum atomic E-state index is 12.2. The van der Waals surface area contributed by atoms with Crippen molar-refractivity contribution in [2.45, 2.75) is 31.0 Å². The van der Waals surface area contributed by atoms with Crippen LogP contribution in [0, 0.1) is 10.1 Å². The molecule has 8 nitrogen and oxygen atoms in total. The second-order valence-corrected chi connectivity index (χ2v) is 6.62. The number of esters is 1. The Kier molecular flexibility index (Phi) is 6.38. The lowest BCUT2D eigenvalue weighted by Crippen LogP contribution is -2.49. The topological polar surface area (TPSA) is 99.0 Å². The van der Waals surface area contributed by atoms with Crippen molar-refractivity contribution < 1.29 is 24.0 Å². The molecule has 25 heavy (non-hydrogen) atoms. The highest BCUT2D eigenvalue weighted by Gasteiger charge is 2.26. The third-order valence-corrected chi connectivity index (χ3v) is 4.50. The van der Waals surface area contributed by atoms with Crippen molar-refractivity contribution in [3.63, 3.8) is 0 Å². The summed E-state index contributed by atoms with van der Waals surface area (Å²) in [5.41, 5.74) is -0.120. The van der Waals surface area contributed by atoms with E-state index >= 15 is 0 Å². The predicted molar refractivity (Wildman–Crippen MR) is 91.7 cm³/mol. The fourth-order valence-electron chi connectivity index (χ4n) is 2.64. The average molecular weight is 368 g/mol. The number of nitro benzene ring substituents is 1. The maximum absolute atomic E-state index is 12.2. The van der Waals surface area contributed by atoms with Gasteiger partial charge in [0.1, 0.15) is 0 Å². The van der Waals surface area contributed by atoms with Gasteiger partial charge in [-0.05, 0) is 32.2 Å². The molecule has 0 unspecified atom stereocenters. The van der Waals surface area contributed by atoms with Gasteiger partial charge >= 0.3 is 5.97 Å². The lowest BCUT2D eigenvalue weighted by atomic mass is 10.2. The van der Waals surface area contributed by atoms with Crippen LogP contribution in [0.25, 0.3) is 0 Å². The Bertz CT molecular complexity index is 671. The summed E-state index contributed by atoms with van der Waals surface area (Å²) in [4.78, 5) is 36.8. The number of rotatable bonds is 5. The molecule has 1 aliphatic rings. The number of ether oxygens (including phenoxy) is 2. The Balaban J connectivity index is 1.99. The smallest absolute Gasteiger partial charge is 0.338 e. The van der Waals surface area contributed by atoms with Crippen molar-refractivity contribution in [1.29, 1.82) is 0 Å². The second kappa shape index (κ2) is 8.30. The second-order valence-electron chi connectivity index (χ2n) is 5.78. The molecule has 1 aromatic rings. The Hall–Kier alpha value is -2.13. The molecule has 1 heterocycles. The normalized spacial score (nSPS) is 20.2. The molecule has 0 aromatic heterocycles. The van der Waals surface area contributed by atoms with Crippen LogP contribution in [0.2, 0.25) is 0 Å². The number of hydrogen-bond acceptors (Lipinski definition) is 7. The van der Waals surface area contributed by atoms with E-state index in [1.54, 1.807) is 11.2 Å². The van der Waals surface area contributed by atoms with Crippen molar-refractivity contribution in [1.82, 2.24) is 4.90 Å². The van der Waals surface area contributed by atoms with Crippen LogP contribution in [0.4, 0.5) is 5.69 Å². The van der Waals surface area contributed by atoms with E-state index in [-0.39, 0.29) is 29.4 Å². The first-order valence-electron chi connectivity index (χ1n) is 7.74. The highest BCUT2D eigenvalue weighted by Crippen LogP contribution is 2.28. The molecule has 0 radical (unpaired) electrons. The van der Waals surface area contributed by atoms with E-state index in [0.717, 1.165) is 6.07 Å². The number of benzene rings is 1. The van der Waals surface area contributed by atoms with Gasteiger partial charge in [0.2, 0.25) is 0 Å². The highest BCUT2D eigenvalue weighted by molar-refractivity contribution is 7.98. The van der Waals surface area contributed by atoms with Gasteiger partial charge in [0.05, 0.1) is 27.6 Å². The number of carbonyl (C=O) groups is 2. The molecular formula is C16H20N2O6S. The average Bonchev–Trinajstić information content (AvgIpc) is 2.57. The number of nitrogens with zero attached hydrogens (tertiary/aromatic N) is 2. The van der Waals surface area contributed by atoms with Crippen LogP contribution in [0.1, 0.15) is 24.2 Å². The van der Waals surface area contributed by atoms with Gasteiger partial charge in [-0.3, -0.25) is 14.9 Å². The number of carbonyl (C=O) groups excluding carboxylic acids is 2. The van der Waals surface area contributed by atoms with Gasteiger partial charge in [-0.15, -0.1) is 11.8 Å². The zero-order valence-electron chi connectivity index (χ0n) is 14.3. The van der Waals surface area contributed by atoms with E-state index in [0.29, 0.717) is 18.0 Å². The molecule has 136 valence electrons. The minimum absolute atomic E-state index is 0.0426. The van der Waals surface area contributed by atoms with E-state index < -0.39 is 17.5 Å². The predicted octanol–water partition coefficient (Wildman–Crippen LogP) is 2.11. The van der Waals surface area contributed by atoms with E-state index in [1.165, 1.54) is 23.9 Å². The number of amides is 1. The molecule has 1 aliphatic heterocycles. The summed E-state index contributed by atoms with van der Waals surface area (Å²) < 4.78 is 10.6. The van der Waals surface area contributed by atoms with Crippen molar-refractivity contribution in [2.75, 3.05) is 26.0 Å². The molecular weight excluding hydrogens is 348 g/mol.